The molecule has 28 heavy (non-hydrogen) atoms. The molecule has 0 spiro atoms. The highest BCUT2D eigenvalue weighted by molar-refractivity contribution is 7.20. The van der Waals surface area contributed by atoms with Crippen LogP contribution < -0.4 is 5.56 Å². The van der Waals surface area contributed by atoms with E-state index >= 15 is 0 Å². The lowest BCUT2D eigenvalue weighted by atomic mass is 9.98. The Balaban J connectivity index is 1.81. The molecule has 0 saturated heterocycles. The van der Waals surface area contributed by atoms with Crippen LogP contribution in [-0.2, 0) is 20.8 Å². The number of nitrogens with zero attached hydrogens (tertiary/aromatic N) is 2. The van der Waals surface area contributed by atoms with Gasteiger partial charge in [0.1, 0.15) is 22.4 Å². The lowest BCUT2D eigenvalue weighted by Crippen LogP contribution is -2.26. The largest absolute Gasteiger partial charge is 0.464 e. The van der Waals surface area contributed by atoms with Gasteiger partial charge < -0.3 is 9.47 Å². The fourth-order valence-corrected chi connectivity index (χ4v) is 4.32. The zero-order valence-corrected chi connectivity index (χ0v) is 17.3. The van der Waals surface area contributed by atoms with Crippen LogP contribution in [0.2, 0.25) is 0 Å². The van der Waals surface area contributed by atoms with E-state index in [1.54, 1.807) is 6.92 Å². The predicted molar refractivity (Wildman–Crippen MR) is 107 cm³/mol. The van der Waals surface area contributed by atoms with Crippen LogP contribution in [0.3, 0.4) is 0 Å². The maximum atomic E-state index is 12.8. The van der Waals surface area contributed by atoms with Gasteiger partial charge in [0.15, 0.2) is 0 Å². The molecule has 1 fully saturated rings. The van der Waals surface area contributed by atoms with Gasteiger partial charge in [0.25, 0.3) is 5.56 Å². The lowest BCUT2D eigenvalue weighted by Gasteiger charge is -2.21. The first-order valence-electron chi connectivity index (χ1n) is 9.72. The normalized spacial score (nSPS) is 15.1. The standard InChI is InChI=1S/C20H26N2O5S/c1-12(2)10-26-15(23)9-22-11-21-18-16(19(22)24)13(3)17(28-18)20(25)27-14-7-5-4-6-8-14/h11-12,14H,4-10H2,1-3H3. The molecule has 0 aliphatic heterocycles. The van der Waals surface area contributed by atoms with Gasteiger partial charge in [0, 0.05) is 0 Å². The highest BCUT2D eigenvalue weighted by Gasteiger charge is 2.24. The molecule has 0 aromatic carbocycles. The Morgan fingerprint density at radius 2 is 2.00 bits per heavy atom. The summed E-state index contributed by atoms with van der Waals surface area (Å²) in [5, 5.41) is 0.361. The highest BCUT2D eigenvalue weighted by Crippen LogP contribution is 2.29. The summed E-state index contributed by atoms with van der Waals surface area (Å²) in [6.07, 6.45) is 6.38. The highest BCUT2D eigenvalue weighted by atomic mass is 32.1. The maximum absolute atomic E-state index is 12.8. The summed E-state index contributed by atoms with van der Waals surface area (Å²) in [5.41, 5.74) is 0.208. The molecule has 8 heteroatoms. The Morgan fingerprint density at radius 3 is 2.68 bits per heavy atom. The van der Waals surface area contributed by atoms with Crippen molar-refractivity contribution in [3.63, 3.8) is 0 Å². The van der Waals surface area contributed by atoms with E-state index in [9.17, 15) is 14.4 Å². The number of hydrogen-bond acceptors (Lipinski definition) is 7. The molecule has 0 N–H and O–H groups in total. The average molecular weight is 407 g/mol. The molecule has 1 saturated carbocycles. The molecule has 7 nitrogen and oxygen atoms in total. The van der Waals surface area contributed by atoms with E-state index in [0.29, 0.717) is 27.3 Å². The Morgan fingerprint density at radius 1 is 1.29 bits per heavy atom. The summed E-state index contributed by atoms with van der Waals surface area (Å²) >= 11 is 1.16. The van der Waals surface area contributed by atoms with Gasteiger partial charge >= 0.3 is 11.9 Å². The number of hydrogen-bond donors (Lipinski definition) is 0. The van der Waals surface area contributed by atoms with Crippen molar-refractivity contribution >= 4 is 33.5 Å². The van der Waals surface area contributed by atoms with Gasteiger partial charge in [0.05, 0.1) is 18.3 Å². The molecule has 0 bridgehead atoms. The third-order valence-electron chi connectivity index (χ3n) is 4.81. The smallest absolute Gasteiger partial charge is 0.348 e. The van der Waals surface area contributed by atoms with Crippen LogP contribution in [0.15, 0.2) is 11.1 Å². The summed E-state index contributed by atoms with van der Waals surface area (Å²) in [7, 11) is 0. The quantitative estimate of drug-likeness (QED) is 0.683. The molecular formula is C20H26N2O5S. The summed E-state index contributed by atoms with van der Waals surface area (Å²) in [6, 6.07) is 0. The van der Waals surface area contributed by atoms with E-state index in [4.69, 9.17) is 9.47 Å². The average Bonchev–Trinajstić information content (AvgIpc) is 3.00. The van der Waals surface area contributed by atoms with Crippen molar-refractivity contribution in [2.24, 2.45) is 5.92 Å². The first-order chi connectivity index (χ1) is 13.4. The first kappa shape index (κ1) is 20.5. The monoisotopic (exact) mass is 406 g/mol. The van der Waals surface area contributed by atoms with Crippen LogP contribution >= 0.6 is 11.3 Å². The minimum Gasteiger partial charge on any atom is -0.464 e. The topological polar surface area (TPSA) is 87.5 Å². The number of aryl methyl sites for hydroxylation is 1. The SMILES string of the molecule is Cc1c(C(=O)OC2CCCCC2)sc2ncn(CC(=O)OCC(C)C)c(=O)c12. The molecule has 0 amide bonds. The van der Waals surface area contributed by atoms with Gasteiger partial charge in [-0.15, -0.1) is 11.3 Å². The van der Waals surface area contributed by atoms with Crippen molar-refractivity contribution < 1.29 is 19.1 Å². The van der Waals surface area contributed by atoms with Crippen LogP contribution in [0, 0.1) is 12.8 Å². The van der Waals surface area contributed by atoms with Gasteiger partial charge in [-0.05, 0) is 44.1 Å². The Bertz CT molecular complexity index is 925. The molecule has 0 radical (unpaired) electrons. The van der Waals surface area contributed by atoms with Gasteiger partial charge in [-0.1, -0.05) is 20.3 Å². The molecule has 1 aliphatic carbocycles. The summed E-state index contributed by atoms with van der Waals surface area (Å²) in [4.78, 5) is 42.5. The van der Waals surface area contributed by atoms with Gasteiger partial charge in [-0.25, -0.2) is 9.78 Å². The van der Waals surface area contributed by atoms with E-state index < -0.39 is 11.9 Å². The summed E-state index contributed by atoms with van der Waals surface area (Å²) in [5.74, 6) is -0.658. The predicted octanol–water partition coefficient (Wildman–Crippen LogP) is 3.46. The number of fused-ring (bicyclic) bond motifs is 1. The van der Waals surface area contributed by atoms with E-state index in [-0.39, 0.29) is 24.1 Å². The number of carbonyl (C=O) groups is 2. The second-order valence-corrected chi connectivity index (χ2v) is 8.66. The minimum absolute atomic E-state index is 0.0498. The van der Waals surface area contributed by atoms with Crippen molar-refractivity contribution in [1.82, 2.24) is 9.55 Å². The number of thiophene rings is 1. The van der Waals surface area contributed by atoms with Crippen LogP contribution in [0.1, 0.15) is 61.2 Å². The fraction of sp³-hybridized carbons (Fsp3) is 0.600. The Kier molecular flexibility index (Phi) is 6.49. The van der Waals surface area contributed by atoms with Crippen LogP contribution in [0.4, 0.5) is 0 Å². The van der Waals surface area contributed by atoms with Crippen molar-refractivity contribution in [1.29, 1.82) is 0 Å². The molecule has 2 aromatic heterocycles. The minimum atomic E-state index is -0.484. The van der Waals surface area contributed by atoms with Crippen LogP contribution in [-0.4, -0.2) is 34.2 Å². The molecule has 0 unspecified atom stereocenters. The number of ether oxygens (including phenoxy) is 2. The summed E-state index contributed by atoms with van der Waals surface area (Å²) < 4.78 is 12.0. The van der Waals surface area contributed by atoms with Gasteiger partial charge in [-0.2, -0.15) is 0 Å². The van der Waals surface area contributed by atoms with E-state index in [0.717, 1.165) is 37.0 Å². The number of aromatic nitrogens is 2. The Labute approximate surface area is 167 Å². The molecule has 2 aromatic rings. The Hall–Kier alpha value is -2.22. The molecule has 152 valence electrons. The molecule has 3 rings (SSSR count). The van der Waals surface area contributed by atoms with E-state index in [1.165, 1.54) is 17.3 Å². The van der Waals surface area contributed by atoms with Crippen molar-refractivity contribution in [2.45, 2.75) is 65.5 Å². The summed E-state index contributed by atoms with van der Waals surface area (Å²) in [6.45, 7) is 5.70. The first-order valence-corrected chi connectivity index (χ1v) is 10.5. The zero-order valence-electron chi connectivity index (χ0n) is 16.5. The van der Waals surface area contributed by atoms with E-state index in [2.05, 4.69) is 4.98 Å². The van der Waals surface area contributed by atoms with E-state index in [1.807, 2.05) is 13.8 Å². The lowest BCUT2D eigenvalue weighted by molar-refractivity contribution is -0.145. The van der Waals surface area contributed by atoms with Crippen molar-refractivity contribution in [3.05, 3.63) is 27.1 Å². The third kappa shape index (κ3) is 4.60. The fourth-order valence-electron chi connectivity index (χ4n) is 3.30. The molecule has 2 heterocycles. The molecule has 0 atom stereocenters. The van der Waals surface area contributed by atoms with Gasteiger partial charge in [0.2, 0.25) is 0 Å². The number of esters is 2. The number of carbonyl (C=O) groups excluding carboxylic acids is 2. The third-order valence-corrected chi connectivity index (χ3v) is 5.99. The molecular weight excluding hydrogens is 380 g/mol. The van der Waals surface area contributed by atoms with Crippen LogP contribution in [0.25, 0.3) is 10.2 Å². The molecule has 1 aliphatic rings. The second-order valence-electron chi connectivity index (χ2n) is 7.66. The second kappa shape index (κ2) is 8.86. The zero-order chi connectivity index (χ0) is 20.3. The number of rotatable bonds is 6. The van der Waals surface area contributed by atoms with Crippen molar-refractivity contribution in [2.75, 3.05) is 6.61 Å². The van der Waals surface area contributed by atoms with Crippen molar-refractivity contribution in [3.8, 4) is 0 Å². The maximum Gasteiger partial charge on any atom is 0.348 e. The van der Waals surface area contributed by atoms with Crippen LogP contribution in [0.5, 0.6) is 0 Å². The van der Waals surface area contributed by atoms with Gasteiger partial charge in [-0.3, -0.25) is 14.2 Å².